The van der Waals surface area contributed by atoms with Gasteiger partial charge in [-0.05, 0) is 70.8 Å². The summed E-state index contributed by atoms with van der Waals surface area (Å²) in [4.78, 5) is 0. The van der Waals surface area contributed by atoms with Crippen molar-refractivity contribution in [2.45, 2.75) is 78.9 Å². The third kappa shape index (κ3) is 2.03. The summed E-state index contributed by atoms with van der Waals surface area (Å²) in [7, 11) is 2.00. The van der Waals surface area contributed by atoms with Gasteiger partial charge in [-0.15, -0.1) is 0 Å². The summed E-state index contributed by atoms with van der Waals surface area (Å²) in [6.07, 6.45) is 5.81. The van der Waals surface area contributed by atoms with Crippen LogP contribution in [0.4, 0.5) is 0 Å². The normalized spacial score (nSPS) is 52.3. The molecule has 8 atom stereocenters. The fraction of sp³-hybridized carbons (Fsp3) is 1.00. The van der Waals surface area contributed by atoms with Gasteiger partial charge in [0, 0.05) is 7.11 Å². The molecule has 0 saturated heterocycles. The molecule has 1 nitrogen and oxygen atoms in total. The van der Waals surface area contributed by atoms with Crippen LogP contribution in [-0.2, 0) is 4.65 Å². The lowest BCUT2D eigenvalue weighted by atomic mass is 9.27. The standard InChI is InChI=1S/C21H37BO/c1-12-16-8-14(20(16,3)4)10-18(12)22(23-7)19-11-15-9-17(13(19)2)21(15,5)6/h12-19H,8-11H2,1-7H3/t12-,13-,14+,15+,16-,17-,18-,19+/m1/s1. The molecule has 2 heteroatoms. The van der Waals surface area contributed by atoms with E-state index in [1.807, 2.05) is 7.11 Å². The van der Waals surface area contributed by atoms with Gasteiger partial charge in [-0.3, -0.25) is 0 Å². The molecule has 6 aliphatic carbocycles. The van der Waals surface area contributed by atoms with Gasteiger partial charge in [0.15, 0.2) is 0 Å². The zero-order chi connectivity index (χ0) is 16.7. The van der Waals surface area contributed by atoms with E-state index >= 15 is 0 Å². The van der Waals surface area contributed by atoms with Crippen LogP contribution in [0.25, 0.3) is 0 Å². The van der Waals surface area contributed by atoms with Crippen LogP contribution >= 0.6 is 0 Å². The lowest BCUT2D eigenvalue weighted by Crippen LogP contribution is -2.60. The second-order valence-electron chi connectivity index (χ2n) is 10.9. The van der Waals surface area contributed by atoms with Crippen molar-refractivity contribution >= 4 is 6.92 Å². The highest BCUT2D eigenvalue weighted by Gasteiger charge is 2.62. The Labute approximate surface area is 144 Å². The van der Waals surface area contributed by atoms with Gasteiger partial charge in [0.05, 0.1) is 0 Å². The van der Waals surface area contributed by atoms with Crippen LogP contribution in [0.2, 0.25) is 11.6 Å². The average molecular weight is 316 g/mol. The molecule has 0 spiro atoms. The highest BCUT2D eigenvalue weighted by atomic mass is 16.4. The Morgan fingerprint density at radius 3 is 1.39 bits per heavy atom. The van der Waals surface area contributed by atoms with Gasteiger partial charge in [-0.2, -0.15) is 0 Å². The first-order chi connectivity index (χ1) is 10.7. The van der Waals surface area contributed by atoms with Crippen molar-refractivity contribution in [3.8, 4) is 0 Å². The molecule has 23 heavy (non-hydrogen) atoms. The second kappa shape index (κ2) is 5.02. The first-order valence-corrected chi connectivity index (χ1v) is 10.2. The predicted molar refractivity (Wildman–Crippen MR) is 98.6 cm³/mol. The molecule has 0 aromatic rings. The van der Waals surface area contributed by atoms with Gasteiger partial charge in [0.25, 0.3) is 6.92 Å². The number of hydrogen-bond donors (Lipinski definition) is 0. The van der Waals surface area contributed by atoms with Gasteiger partial charge in [0.1, 0.15) is 0 Å². The first kappa shape index (κ1) is 16.5. The second-order valence-corrected chi connectivity index (χ2v) is 10.9. The highest BCUT2D eigenvalue weighted by molar-refractivity contribution is 6.55. The van der Waals surface area contributed by atoms with E-state index in [2.05, 4.69) is 41.5 Å². The summed E-state index contributed by atoms with van der Waals surface area (Å²) in [6.45, 7) is 15.7. The molecule has 0 amide bonds. The van der Waals surface area contributed by atoms with Gasteiger partial charge in [-0.1, -0.05) is 54.4 Å². The Morgan fingerprint density at radius 2 is 1.13 bits per heavy atom. The van der Waals surface area contributed by atoms with E-state index in [1.165, 1.54) is 25.7 Å². The van der Waals surface area contributed by atoms with Crippen LogP contribution < -0.4 is 0 Å². The molecule has 130 valence electrons. The molecule has 0 unspecified atom stereocenters. The van der Waals surface area contributed by atoms with Crippen LogP contribution in [0.1, 0.15) is 67.2 Å². The maximum atomic E-state index is 6.24. The van der Waals surface area contributed by atoms with Crippen LogP contribution in [0.5, 0.6) is 0 Å². The molecule has 0 aromatic carbocycles. The molecule has 6 rings (SSSR count). The van der Waals surface area contributed by atoms with E-state index in [0.717, 1.165) is 47.1 Å². The largest absolute Gasteiger partial charge is 0.438 e. The average Bonchev–Trinajstić information content (AvgIpc) is 2.49. The van der Waals surface area contributed by atoms with Crippen molar-refractivity contribution in [1.29, 1.82) is 0 Å². The summed E-state index contributed by atoms with van der Waals surface area (Å²) in [5.74, 6) is 7.10. The Balaban J connectivity index is 1.52. The van der Waals surface area contributed by atoms with Crippen molar-refractivity contribution in [3.05, 3.63) is 0 Å². The molecule has 0 N–H and O–H groups in total. The van der Waals surface area contributed by atoms with Crippen molar-refractivity contribution in [2.75, 3.05) is 7.11 Å². The minimum Gasteiger partial charge on any atom is -0.438 e. The summed E-state index contributed by atoms with van der Waals surface area (Å²) >= 11 is 0. The Kier molecular flexibility index (Phi) is 3.60. The monoisotopic (exact) mass is 316 g/mol. The van der Waals surface area contributed by atoms with Crippen molar-refractivity contribution in [2.24, 2.45) is 46.3 Å². The topological polar surface area (TPSA) is 9.23 Å². The molecule has 6 saturated carbocycles. The van der Waals surface area contributed by atoms with E-state index in [4.69, 9.17) is 4.65 Å². The van der Waals surface area contributed by atoms with Crippen LogP contribution in [0, 0.1) is 46.3 Å². The third-order valence-corrected chi connectivity index (χ3v) is 9.94. The Bertz CT molecular complexity index is 442. The Morgan fingerprint density at radius 1 is 0.739 bits per heavy atom. The van der Waals surface area contributed by atoms with Gasteiger partial charge in [0.2, 0.25) is 0 Å². The molecule has 0 heterocycles. The molecule has 0 aromatic heterocycles. The first-order valence-electron chi connectivity index (χ1n) is 10.2. The van der Waals surface area contributed by atoms with Gasteiger partial charge in [-0.25, -0.2) is 0 Å². The van der Waals surface area contributed by atoms with Crippen LogP contribution in [0.3, 0.4) is 0 Å². The summed E-state index contributed by atoms with van der Waals surface area (Å²) in [6, 6.07) is 0. The fourth-order valence-electron chi connectivity index (χ4n) is 7.91. The molecule has 6 aliphatic rings. The number of hydrogen-bond acceptors (Lipinski definition) is 1. The highest BCUT2D eigenvalue weighted by Crippen LogP contribution is 2.69. The minimum atomic E-state index is 0.516. The van der Waals surface area contributed by atoms with E-state index in [0.29, 0.717) is 17.7 Å². The van der Waals surface area contributed by atoms with Crippen LogP contribution in [-0.4, -0.2) is 14.0 Å². The summed E-state index contributed by atoms with van der Waals surface area (Å²) in [5.41, 5.74) is 1.19. The summed E-state index contributed by atoms with van der Waals surface area (Å²) in [5, 5.41) is 0. The van der Waals surface area contributed by atoms with Crippen molar-refractivity contribution < 1.29 is 4.65 Å². The Hall–Kier alpha value is 0.0249. The molecule has 6 fully saturated rings. The van der Waals surface area contributed by atoms with Crippen molar-refractivity contribution in [3.63, 3.8) is 0 Å². The zero-order valence-corrected chi connectivity index (χ0v) is 16.4. The maximum Gasteiger partial charge on any atom is 0.299 e. The van der Waals surface area contributed by atoms with Gasteiger partial charge < -0.3 is 4.65 Å². The molecule has 4 bridgehead atoms. The number of rotatable bonds is 3. The smallest absolute Gasteiger partial charge is 0.299 e. The molecule has 0 aliphatic heterocycles. The quantitative estimate of drug-likeness (QED) is 0.601. The van der Waals surface area contributed by atoms with Crippen LogP contribution in [0.15, 0.2) is 0 Å². The van der Waals surface area contributed by atoms with E-state index in [1.54, 1.807) is 0 Å². The van der Waals surface area contributed by atoms with E-state index in [-0.39, 0.29) is 0 Å². The fourth-order valence-corrected chi connectivity index (χ4v) is 7.91. The molecular weight excluding hydrogens is 279 g/mol. The minimum absolute atomic E-state index is 0.516. The molecule has 0 radical (unpaired) electrons. The van der Waals surface area contributed by atoms with Crippen molar-refractivity contribution in [1.82, 2.24) is 0 Å². The number of fused-ring (bicyclic) bond motifs is 4. The molecular formula is C21H37BO. The van der Waals surface area contributed by atoms with E-state index in [9.17, 15) is 0 Å². The predicted octanol–water partition coefficient (Wildman–Crippen LogP) is 5.77. The van der Waals surface area contributed by atoms with E-state index < -0.39 is 0 Å². The SMILES string of the molecule is COB([C@H]1C[C@@H]2C[C@H]([C@H]1C)C2(C)C)[C@@H]1C[C@@H]2C[C@H]([C@H]1C)C2(C)C. The maximum absolute atomic E-state index is 6.24. The zero-order valence-electron chi connectivity index (χ0n) is 16.4. The summed E-state index contributed by atoms with van der Waals surface area (Å²) < 4.78 is 6.24. The lowest BCUT2D eigenvalue weighted by Gasteiger charge is -2.65. The third-order valence-electron chi connectivity index (χ3n) is 9.94. The lowest BCUT2D eigenvalue weighted by molar-refractivity contribution is -0.110. The van der Waals surface area contributed by atoms with Gasteiger partial charge >= 0.3 is 0 Å².